The van der Waals surface area contributed by atoms with E-state index in [-0.39, 0.29) is 11.9 Å². The highest BCUT2D eigenvalue weighted by atomic mass is 28.4. The lowest BCUT2D eigenvalue weighted by Crippen LogP contribution is -2.31. The highest BCUT2D eigenvalue weighted by molar-refractivity contribution is 6.70. The van der Waals surface area contributed by atoms with Crippen molar-refractivity contribution in [2.75, 3.05) is 0 Å². The number of hydrogen-bond acceptors (Lipinski definition) is 3. The van der Waals surface area contributed by atoms with E-state index in [0.29, 0.717) is 12.5 Å². The second kappa shape index (κ2) is 12.8. The van der Waals surface area contributed by atoms with Gasteiger partial charge in [0.15, 0.2) is 22.4 Å². The molecule has 0 aromatic rings. The van der Waals surface area contributed by atoms with Gasteiger partial charge in [0.2, 0.25) is 0 Å². The molecule has 0 aliphatic heterocycles. The third-order valence-corrected chi connectivity index (χ3v) is 5.78. The van der Waals surface area contributed by atoms with E-state index in [0.717, 1.165) is 6.42 Å². The molecule has 5 heteroatoms. The molecular formula is C21H42O3Si2. The molecule has 3 nitrogen and oxygen atoms in total. The first-order chi connectivity index (χ1) is 12.0. The number of unbranched alkanes of at least 4 members (excludes halogenated alkanes) is 3. The Morgan fingerprint density at radius 2 is 1.81 bits per heavy atom. The molecule has 2 atom stereocenters. The average Bonchev–Trinajstić information content (AvgIpc) is 2.86. The van der Waals surface area contributed by atoms with E-state index in [1.54, 1.807) is 6.08 Å². The molecule has 0 bridgehead atoms. The van der Waals surface area contributed by atoms with Gasteiger partial charge < -0.3 is 8.85 Å². The van der Waals surface area contributed by atoms with Crippen LogP contribution in [0.1, 0.15) is 51.9 Å². The Bertz CT molecular complexity index is 434. The summed E-state index contributed by atoms with van der Waals surface area (Å²) in [5.41, 5.74) is 0. The summed E-state index contributed by atoms with van der Waals surface area (Å²) in [6.07, 6.45) is 14.0. The third kappa shape index (κ3) is 15.7. The molecule has 26 heavy (non-hydrogen) atoms. The van der Waals surface area contributed by atoms with E-state index < -0.39 is 16.6 Å². The summed E-state index contributed by atoms with van der Waals surface area (Å²) in [7, 11) is -2.83. The molecular weight excluding hydrogens is 356 g/mol. The molecule has 152 valence electrons. The van der Waals surface area contributed by atoms with Crippen LogP contribution < -0.4 is 0 Å². The van der Waals surface area contributed by atoms with Crippen molar-refractivity contribution in [1.82, 2.24) is 0 Å². The number of rotatable bonds is 11. The topological polar surface area (TPSA) is 35.5 Å². The minimum absolute atomic E-state index is 0.0640. The minimum Gasteiger partial charge on any atom is -0.414 e. The van der Waals surface area contributed by atoms with Gasteiger partial charge in [-0.1, -0.05) is 44.8 Å². The summed E-state index contributed by atoms with van der Waals surface area (Å²) in [6.45, 7) is 19.2. The Kier molecular flexibility index (Phi) is 12.6. The Morgan fingerprint density at radius 3 is 2.23 bits per heavy atom. The van der Waals surface area contributed by atoms with Gasteiger partial charge in [-0.05, 0) is 58.2 Å². The first-order valence-corrected chi connectivity index (χ1v) is 17.0. The molecule has 0 fully saturated rings. The van der Waals surface area contributed by atoms with Crippen LogP contribution in [0.2, 0.25) is 39.3 Å². The van der Waals surface area contributed by atoms with Crippen molar-refractivity contribution in [3.8, 4) is 0 Å². The lowest BCUT2D eigenvalue weighted by Gasteiger charge is -2.25. The standard InChI is InChI=1S/C13H28OSi.C8H14O2Si/c1-6-8-9-10-12-13(11-7-2)14-15(3,4)5;1-11(2,3)10-8-5-4-7(9)6-8/h7,13H,2,6,8-12H2,1,3-5H3;4-5,8H,6H2,1-3H3. The van der Waals surface area contributed by atoms with E-state index in [1.165, 1.54) is 32.1 Å². The zero-order chi connectivity index (χ0) is 20.2. The molecule has 1 aliphatic rings. The van der Waals surface area contributed by atoms with Crippen LogP contribution in [0.4, 0.5) is 0 Å². The number of carbonyl (C=O) groups excluding carboxylic acids is 1. The van der Waals surface area contributed by atoms with Crippen LogP contribution in [0.3, 0.4) is 0 Å². The van der Waals surface area contributed by atoms with Crippen molar-refractivity contribution in [1.29, 1.82) is 0 Å². The molecule has 0 heterocycles. The molecule has 0 amide bonds. The smallest absolute Gasteiger partial charge is 0.184 e. The van der Waals surface area contributed by atoms with Crippen molar-refractivity contribution in [2.45, 2.75) is 103 Å². The first-order valence-electron chi connectivity index (χ1n) is 10.1. The minimum atomic E-state index is -1.46. The van der Waals surface area contributed by atoms with Gasteiger partial charge >= 0.3 is 0 Å². The summed E-state index contributed by atoms with van der Waals surface area (Å²) in [6, 6.07) is 0. The van der Waals surface area contributed by atoms with Crippen LogP contribution in [-0.2, 0) is 13.6 Å². The lowest BCUT2D eigenvalue weighted by molar-refractivity contribution is -0.114. The molecule has 2 unspecified atom stereocenters. The van der Waals surface area contributed by atoms with Crippen molar-refractivity contribution in [2.24, 2.45) is 0 Å². The largest absolute Gasteiger partial charge is 0.414 e. The summed E-state index contributed by atoms with van der Waals surface area (Å²) in [5.74, 6) is 0.188. The van der Waals surface area contributed by atoms with Crippen LogP contribution in [0.15, 0.2) is 24.8 Å². The molecule has 0 aromatic carbocycles. The first kappa shape index (κ1) is 25.5. The zero-order valence-electron chi connectivity index (χ0n) is 18.3. The average molecular weight is 399 g/mol. The van der Waals surface area contributed by atoms with Crippen LogP contribution in [0.25, 0.3) is 0 Å². The quantitative estimate of drug-likeness (QED) is 0.227. The Balaban J connectivity index is 0.000000502. The second-order valence-electron chi connectivity index (χ2n) is 9.02. The predicted octanol–water partition coefficient (Wildman–Crippen LogP) is 6.49. The Morgan fingerprint density at radius 1 is 1.15 bits per heavy atom. The van der Waals surface area contributed by atoms with Crippen LogP contribution in [0, 0.1) is 0 Å². The highest BCUT2D eigenvalue weighted by Gasteiger charge is 2.23. The molecule has 0 spiro atoms. The Labute approximate surface area is 164 Å². The van der Waals surface area contributed by atoms with E-state index in [1.807, 2.05) is 12.2 Å². The van der Waals surface area contributed by atoms with E-state index in [9.17, 15) is 4.79 Å². The SMILES string of the molecule is C=CCC(CCCCCC)O[Si](C)(C)C.C[Si](C)(C)OC1C=CC(=O)C1. The molecule has 1 rings (SSSR count). The predicted molar refractivity (Wildman–Crippen MR) is 119 cm³/mol. The summed E-state index contributed by atoms with van der Waals surface area (Å²) in [4.78, 5) is 10.8. The molecule has 0 saturated heterocycles. The van der Waals surface area contributed by atoms with Gasteiger partial charge in [0.05, 0.1) is 6.10 Å². The fourth-order valence-corrected chi connectivity index (χ4v) is 5.08. The molecule has 0 N–H and O–H groups in total. The molecule has 1 aliphatic carbocycles. The maximum atomic E-state index is 10.8. The van der Waals surface area contributed by atoms with Gasteiger partial charge in [-0.2, -0.15) is 0 Å². The van der Waals surface area contributed by atoms with Crippen molar-refractivity contribution < 1.29 is 13.6 Å². The highest BCUT2D eigenvalue weighted by Crippen LogP contribution is 2.17. The molecule has 0 saturated carbocycles. The van der Waals surface area contributed by atoms with Gasteiger partial charge in [-0.25, -0.2) is 0 Å². The maximum absolute atomic E-state index is 10.8. The number of ketones is 1. The van der Waals surface area contributed by atoms with Crippen LogP contribution in [-0.4, -0.2) is 34.6 Å². The molecule has 0 aromatic heterocycles. The van der Waals surface area contributed by atoms with E-state index >= 15 is 0 Å². The van der Waals surface area contributed by atoms with Gasteiger partial charge in [0.25, 0.3) is 0 Å². The monoisotopic (exact) mass is 398 g/mol. The normalized spacial score (nSPS) is 18.4. The van der Waals surface area contributed by atoms with Crippen molar-refractivity contribution >= 4 is 22.4 Å². The van der Waals surface area contributed by atoms with Crippen LogP contribution in [0.5, 0.6) is 0 Å². The van der Waals surface area contributed by atoms with E-state index in [2.05, 4.69) is 52.8 Å². The van der Waals surface area contributed by atoms with Crippen molar-refractivity contribution in [3.05, 3.63) is 24.8 Å². The number of allylic oxidation sites excluding steroid dienone is 1. The second-order valence-corrected chi connectivity index (χ2v) is 17.9. The zero-order valence-corrected chi connectivity index (χ0v) is 20.3. The molecule has 0 radical (unpaired) electrons. The number of hydrogen-bond donors (Lipinski definition) is 0. The van der Waals surface area contributed by atoms with Gasteiger partial charge in [0, 0.05) is 12.5 Å². The summed E-state index contributed by atoms with van der Waals surface area (Å²) in [5, 5.41) is 0. The number of carbonyl (C=O) groups is 1. The van der Waals surface area contributed by atoms with Gasteiger partial charge in [0.1, 0.15) is 0 Å². The lowest BCUT2D eigenvalue weighted by atomic mass is 10.1. The van der Waals surface area contributed by atoms with Gasteiger partial charge in [-0.3, -0.25) is 4.79 Å². The van der Waals surface area contributed by atoms with E-state index in [4.69, 9.17) is 8.85 Å². The summed E-state index contributed by atoms with van der Waals surface area (Å²) >= 11 is 0. The Hall–Kier alpha value is -0.496. The fourth-order valence-electron chi connectivity index (χ4n) is 2.79. The third-order valence-electron chi connectivity index (χ3n) is 3.73. The van der Waals surface area contributed by atoms with Crippen molar-refractivity contribution in [3.63, 3.8) is 0 Å². The van der Waals surface area contributed by atoms with Crippen LogP contribution >= 0.6 is 0 Å². The fraction of sp³-hybridized carbons (Fsp3) is 0.762. The summed E-state index contributed by atoms with van der Waals surface area (Å²) < 4.78 is 11.8. The maximum Gasteiger partial charge on any atom is 0.184 e. The van der Waals surface area contributed by atoms with Gasteiger partial charge in [-0.15, -0.1) is 6.58 Å².